The molecule has 2 aromatic carbocycles. The van der Waals surface area contributed by atoms with E-state index in [9.17, 15) is 13.2 Å². The van der Waals surface area contributed by atoms with E-state index in [1.807, 2.05) is 0 Å². The predicted molar refractivity (Wildman–Crippen MR) is 78.5 cm³/mol. The van der Waals surface area contributed by atoms with Gasteiger partial charge in [0.1, 0.15) is 11.3 Å². The Hall–Kier alpha value is -2.34. The fourth-order valence-electron chi connectivity index (χ4n) is 2.03. The van der Waals surface area contributed by atoms with Gasteiger partial charge >= 0.3 is 5.97 Å². The Morgan fingerprint density at radius 1 is 1.10 bits per heavy atom. The Morgan fingerprint density at radius 2 is 1.71 bits per heavy atom. The van der Waals surface area contributed by atoms with Crippen LogP contribution >= 0.6 is 0 Å². The number of para-hydroxylation sites is 1. The summed E-state index contributed by atoms with van der Waals surface area (Å²) in [7, 11) is -1.87. The summed E-state index contributed by atoms with van der Waals surface area (Å²) >= 11 is 0. The smallest absolute Gasteiger partial charge is 0.339 e. The molecule has 0 unspecified atom stereocenters. The first-order valence-corrected chi connectivity index (χ1v) is 7.94. The second kappa shape index (κ2) is 5.57. The van der Waals surface area contributed by atoms with Crippen LogP contribution in [0.4, 0.5) is 0 Å². The second-order valence-corrected chi connectivity index (χ2v) is 6.50. The van der Waals surface area contributed by atoms with E-state index in [2.05, 4.69) is 0 Å². The molecule has 5 nitrogen and oxygen atoms in total. The van der Waals surface area contributed by atoms with Crippen molar-refractivity contribution in [2.45, 2.75) is 4.90 Å². The summed E-state index contributed by atoms with van der Waals surface area (Å²) < 4.78 is 28.1. The van der Waals surface area contributed by atoms with Gasteiger partial charge in [-0.05, 0) is 23.8 Å². The van der Waals surface area contributed by atoms with Crippen molar-refractivity contribution in [1.82, 2.24) is 0 Å². The summed E-state index contributed by atoms with van der Waals surface area (Å²) in [4.78, 5) is 11.4. The van der Waals surface area contributed by atoms with Crippen molar-refractivity contribution in [2.75, 3.05) is 13.4 Å². The highest BCUT2D eigenvalue weighted by molar-refractivity contribution is 7.90. The van der Waals surface area contributed by atoms with E-state index >= 15 is 0 Å². The number of methoxy groups -OCH3 is 1. The van der Waals surface area contributed by atoms with Crippen LogP contribution < -0.4 is 4.74 Å². The lowest BCUT2D eigenvalue weighted by Crippen LogP contribution is -2.02. The molecule has 1 N–H and O–H groups in total. The van der Waals surface area contributed by atoms with Gasteiger partial charge in [-0.2, -0.15) is 0 Å². The van der Waals surface area contributed by atoms with Crippen molar-refractivity contribution in [3.63, 3.8) is 0 Å². The molecule has 0 aliphatic carbocycles. The molecule has 0 amide bonds. The fraction of sp³-hybridized carbons (Fsp3) is 0.133. The Bertz CT molecular complexity index is 776. The predicted octanol–water partition coefficient (Wildman–Crippen LogP) is 2.46. The third kappa shape index (κ3) is 3.05. The van der Waals surface area contributed by atoms with Crippen LogP contribution in [0.5, 0.6) is 5.75 Å². The van der Waals surface area contributed by atoms with Crippen molar-refractivity contribution in [1.29, 1.82) is 0 Å². The minimum atomic E-state index is -3.26. The Kier molecular flexibility index (Phi) is 3.99. The topological polar surface area (TPSA) is 80.7 Å². The van der Waals surface area contributed by atoms with Crippen molar-refractivity contribution in [3.8, 4) is 16.9 Å². The van der Waals surface area contributed by atoms with Gasteiger partial charge in [0.15, 0.2) is 9.84 Å². The number of benzene rings is 2. The molecule has 2 aromatic rings. The number of hydrogen-bond donors (Lipinski definition) is 1. The maximum atomic E-state index is 11.4. The van der Waals surface area contributed by atoms with Gasteiger partial charge in [0.05, 0.1) is 12.0 Å². The summed E-state index contributed by atoms with van der Waals surface area (Å²) in [5, 5.41) is 9.16. The number of carboxylic acid groups (broad SMARTS) is 1. The Balaban J connectivity index is 2.57. The van der Waals surface area contributed by atoms with E-state index in [1.54, 1.807) is 24.3 Å². The zero-order chi connectivity index (χ0) is 15.6. The molecule has 110 valence electrons. The lowest BCUT2D eigenvalue weighted by Gasteiger charge is -2.11. The van der Waals surface area contributed by atoms with E-state index in [4.69, 9.17) is 9.84 Å². The molecule has 21 heavy (non-hydrogen) atoms. The molecule has 6 heteroatoms. The van der Waals surface area contributed by atoms with Gasteiger partial charge in [-0.3, -0.25) is 0 Å². The average Bonchev–Trinajstić information content (AvgIpc) is 2.45. The first kappa shape index (κ1) is 15.1. The van der Waals surface area contributed by atoms with Gasteiger partial charge in [0.2, 0.25) is 0 Å². The van der Waals surface area contributed by atoms with Crippen molar-refractivity contribution < 1.29 is 23.1 Å². The van der Waals surface area contributed by atoms with Crippen LogP contribution in [0.3, 0.4) is 0 Å². The molecular weight excluding hydrogens is 292 g/mol. The zero-order valence-corrected chi connectivity index (χ0v) is 12.3. The standard InChI is InChI=1S/C15H14O5S/c1-20-14-12(4-3-5-13(14)15(16)17)10-6-8-11(9-7-10)21(2,18)19/h3-9H,1-2H3,(H,16,17). The van der Waals surface area contributed by atoms with Crippen molar-refractivity contribution >= 4 is 15.8 Å². The van der Waals surface area contributed by atoms with E-state index in [-0.39, 0.29) is 16.2 Å². The number of hydrogen-bond acceptors (Lipinski definition) is 4. The summed E-state index contributed by atoms with van der Waals surface area (Å²) in [6, 6.07) is 11.0. The Labute approximate surface area is 122 Å². The molecule has 2 rings (SSSR count). The van der Waals surface area contributed by atoms with Gasteiger partial charge in [-0.15, -0.1) is 0 Å². The third-order valence-corrected chi connectivity index (χ3v) is 4.17. The highest BCUT2D eigenvalue weighted by Gasteiger charge is 2.16. The van der Waals surface area contributed by atoms with E-state index < -0.39 is 15.8 Å². The third-order valence-electron chi connectivity index (χ3n) is 3.04. The summed E-state index contributed by atoms with van der Waals surface area (Å²) in [6.45, 7) is 0. The van der Waals surface area contributed by atoms with Crippen LogP contribution in [0.15, 0.2) is 47.4 Å². The molecule has 0 aliphatic rings. The van der Waals surface area contributed by atoms with Crippen LogP contribution in [0.2, 0.25) is 0 Å². The van der Waals surface area contributed by atoms with Crippen LogP contribution in [-0.4, -0.2) is 32.9 Å². The number of sulfone groups is 1. The van der Waals surface area contributed by atoms with Gasteiger partial charge in [0, 0.05) is 11.8 Å². The number of ether oxygens (including phenoxy) is 1. The van der Waals surface area contributed by atoms with Gasteiger partial charge in [-0.25, -0.2) is 13.2 Å². The molecule has 0 heterocycles. The zero-order valence-electron chi connectivity index (χ0n) is 11.5. The monoisotopic (exact) mass is 306 g/mol. The number of carboxylic acids is 1. The first-order chi connectivity index (χ1) is 9.84. The molecule has 0 spiro atoms. The average molecular weight is 306 g/mol. The largest absolute Gasteiger partial charge is 0.495 e. The number of rotatable bonds is 4. The molecule has 0 aromatic heterocycles. The van der Waals surface area contributed by atoms with Crippen LogP contribution in [0.25, 0.3) is 11.1 Å². The second-order valence-electron chi connectivity index (χ2n) is 4.49. The minimum Gasteiger partial charge on any atom is -0.495 e. The summed E-state index contributed by atoms with van der Waals surface area (Å²) in [6.07, 6.45) is 1.13. The van der Waals surface area contributed by atoms with Crippen LogP contribution in [0, 0.1) is 0 Å². The molecule has 0 saturated carbocycles. The van der Waals surface area contributed by atoms with Crippen molar-refractivity contribution in [2.24, 2.45) is 0 Å². The van der Waals surface area contributed by atoms with E-state index in [1.165, 1.54) is 25.3 Å². The maximum Gasteiger partial charge on any atom is 0.339 e. The first-order valence-electron chi connectivity index (χ1n) is 6.05. The molecule has 0 bridgehead atoms. The van der Waals surface area contributed by atoms with Crippen molar-refractivity contribution in [3.05, 3.63) is 48.0 Å². The quantitative estimate of drug-likeness (QED) is 0.938. The molecule has 0 fully saturated rings. The minimum absolute atomic E-state index is 0.0576. The number of aromatic carboxylic acids is 1. The lowest BCUT2D eigenvalue weighted by molar-refractivity contribution is 0.0693. The van der Waals surface area contributed by atoms with Crippen LogP contribution in [-0.2, 0) is 9.84 Å². The van der Waals surface area contributed by atoms with E-state index in [0.717, 1.165) is 6.26 Å². The molecular formula is C15H14O5S. The molecule has 0 radical (unpaired) electrons. The highest BCUT2D eigenvalue weighted by Crippen LogP contribution is 2.33. The lowest BCUT2D eigenvalue weighted by atomic mass is 10.0. The Morgan fingerprint density at radius 3 is 2.19 bits per heavy atom. The van der Waals surface area contributed by atoms with Gasteiger partial charge in [0.25, 0.3) is 0 Å². The van der Waals surface area contributed by atoms with Gasteiger partial charge in [-0.1, -0.05) is 24.3 Å². The normalized spacial score (nSPS) is 11.1. The van der Waals surface area contributed by atoms with E-state index in [0.29, 0.717) is 11.1 Å². The molecule has 0 saturated heterocycles. The molecule has 0 aliphatic heterocycles. The summed E-state index contributed by atoms with van der Waals surface area (Å²) in [5.41, 5.74) is 1.34. The van der Waals surface area contributed by atoms with Gasteiger partial charge < -0.3 is 9.84 Å². The molecule has 0 atom stereocenters. The summed E-state index contributed by atoms with van der Waals surface area (Å²) in [5.74, 6) is -0.835. The van der Waals surface area contributed by atoms with Crippen LogP contribution in [0.1, 0.15) is 10.4 Å². The fourth-order valence-corrected chi connectivity index (χ4v) is 2.66. The highest BCUT2D eigenvalue weighted by atomic mass is 32.2. The maximum absolute atomic E-state index is 11.4. The number of carbonyl (C=O) groups is 1. The SMILES string of the molecule is COc1c(C(=O)O)cccc1-c1ccc(S(C)(=O)=O)cc1.